The van der Waals surface area contributed by atoms with Gasteiger partial charge in [0, 0.05) is 12.1 Å². The molecule has 8 nitrogen and oxygen atoms in total. The summed E-state index contributed by atoms with van der Waals surface area (Å²) in [7, 11) is 3.10. The molecule has 0 saturated carbocycles. The number of nitrogens with one attached hydrogen (secondary N) is 1. The van der Waals surface area contributed by atoms with E-state index in [2.05, 4.69) is 24.4 Å². The predicted molar refractivity (Wildman–Crippen MR) is 141 cm³/mol. The standard InChI is InChI=1S/C29H31NO7/c1-18-20(5-4-6-22(18)21-9-10-25-28(15-21)37-12-11-36-25)8-7-19-13-26(34-2)23(27(14-19)35-3)16-30-24(17-31)29(32)33/h4-10,13-15,24,30-31H,11-12,16-17H2,1-3H3,(H,32,33)/b8-7+. The lowest BCUT2D eigenvalue weighted by Gasteiger charge is -2.19. The van der Waals surface area contributed by atoms with Crippen molar-refractivity contribution in [3.05, 3.63) is 70.8 Å². The quantitative estimate of drug-likeness (QED) is 0.353. The molecule has 0 aliphatic carbocycles. The van der Waals surface area contributed by atoms with E-state index < -0.39 is 18.6 Å². The van der Waals surface area contributed by atoms with Crippen LogP contribution in [0.4, 0.5) is 0 Å². The summed E-state index contributed by atoms with van der Waals surface area (Å²) in [5.41, 5.74) is 5.87. The lowest BCUT2D eigenvalue weighted by molar-refractivity contribution is -0.140. The number of ether oxygens (including phenoxy) is 4. The molecule has 8 heteroatoms. The van der Waals surface area contributed by atoms with Crippen LogP contribution in [0.15, 0.2) is 48.5 Å². The second-order valence-electron chi connectivity index (χ2n) is 8.57. The molecule has 3 aromatic carbocycles. The first-order chi connectivity index (χ1) is 17.9. The second kappa shape index (κ2) is 11.8. The Labute approximate surface area is 216 Å². The van der Waals surface area contributed by atoms with Crippen molar-refractivity contribution in [2.75, 3.05) is 34.0 Å². The minimum absolute atomic E-state index is 0.157. The summed E-state index contributed by atoms with van der Waals surface area (Å²) in [6.45, 7) is 2.82. The van der Waals surface area contributed by atoms with Gasteiger partial charge in [-0.25, -0.2) is 0 Å². The Balaban J connectivity index is 1.60. The number of carbonyl (C=O) groups is 1. The molecule has 0 saturated heterocycles. The van der Waals surface area contributed by atoms with Gasteiger partial charge in [0.05, 0.1) is 20.8 Å². The molecule has 194 valence electrons. The number of fused-ring (bicyclic) bond motifs is 1. The van der Waals surface area contributed by atoms with Gasteiger partial charge in [-0.3, -0.25) is 10.1 Å². The largest absolute Gasteiger partial charge is 0.496 e. The highest BCUT2D eigenvalue weighted by Crippen LogP contribution is 2.36. The molecule has 1 aliphatic heterocycles. The van der Waals surface area contributed by atoms with Crippen LogP contribution in [0.2, 0.25) is 0 Å². The molecule has 1 aliphatic rings. The molecule has 4 rings (SSSR count). The summed E-state index contributed by atoms with van der Waals surface area (Å²) in [5, 5.41) is 21.3. The average Bonchev–Trinajstić information content (AvgIpc) is 2.92. The summed E-state index contributed by atoms with van der Waals surface area (Å²) in [4.78, 5) is 11.2. The van der Waals surface area contributed by atoms with Crippen molar-refractivity contribution in [1.29, 1.82) is 0 Å². The van der Waals surface area contributed by atoms with Crippen LogP contribution in [0.1, 0.15) is 22.3 Å². The minimum atomic E-state index is -1.13. The first-order valence-corrected chi connectivity index (χ1v) is 11.9. The van der Waals surface area contributed by atoms with Crippen LogP contribution in [-0.2, 0) is 11.3 Å². The third kappa shape index (κ3) is 5.87. The summed E-state index contributed by atoms with van der Waals surface area (Å²) in [6.07, 6.45) is 4.02. The SMILES string of the molecule is COc1cc(/C=C/c2cccc(-c3ccc4c(c3)OCCO4)c2C)cc(OC)c1CNC(CO)C(=O)O. The number of methoxy groups -OCH3 is 2. The van der Waals surface area contributed by atoms with E-state index in [1.165, 1.54) is 0 Å². The summed E-state index contributed by atoms with van der Waals surface area (Å²) < 4.78 is 22.5. The Kier molecular flexibility index (Phi) is 8.32. The number of benzene rings is 3. The van der Waals surface area contributed by atoms with Gasteiger partial charge < -0.3 is 29.2 Å². The van der Waals surface area contributed by atoms with Crippen LogP contribution in [0.5, 0.6) is 23.0 Å². The van der Waals surface area contributed by atoms with Crippen molar-refractivity contribution in [3.63, 3.8) is 0 Å². The molecule has 0 aromatic heterocycles. The van der Waals surface area contributed by atoms with Gasteiger partial charge in [-0.1, -0.05) is 36.4 Å². The highest BCUT2D eigenvalue weighted by atomic mass is 16.6. The highest BCUT2D eigenvalue weighted by Gasteiger charge is 2.19. The summed E-state index contributed by atoms with van der Waals surface area (Å²) >= 11 is 0. The molecule has 3 N–H and O–H groups in total. The molecule has 3 aromatic rings. The Morgan fingerprint density at radius 1 is 1.03 bits per heavy atom. The number of aliphatic hydroxyl groups excluding tert-OH is 1. The Morgan fingerprint density at radius 2 is 1.73 bits per heavy atom. The van der Waals surface area contributed by atoms with Crippen LogP contribution in [0.3, 0.4) is 0 Å². The smallest absolute Gasteiger partial charge is 0.323 e. The topological polar surface area (TPSA) is 106 Å². The number of carboxylic acid groups (broad SMARTS) is 1. The fourth-order valence-corrected chi connectivity index (χ4v) is 4.27. The van der Waals surface area contributed by atoms with Crippen LogP contribution in [-0.4, -0.2) is 56.3 Å². The van der Waals surface area contributed by atoms with Gasteiger partial charge in [0.15, 0.2) is 11.5 Å². The highest BCUT2D eigenvalue weighted by molar-refractivity contribution is 5.79. The normalized spacial score (nSPS) is 13.4. The van der Waals surface area contributed by atoms with Gasteiger partial charge in [-0.2, -0.15) is 0 Å². The second-order valence-corrected chi connectivity index (χ2v) is 8.57. The molecule has 0 amide bonds. The van der Waals surface area contributed by atoms with Crippen molar-refractivity contribution < 1.29 is 34.0 Å². The van der Waals surface area contributed by atoms with Gasteiger partial charge in [-0.05, 0) is 59.0 Å². The molecule has 37 heavy (non-hydrogen) atoms. The van der Waals surface area contributed by atoms with E-state index in [1.807, 2.05) is 48.6 Å². The number of hydrogen-bond donors (Lipinski definition) is 3. The fraction of sp³-hybridized carbons (Fsp3) is 0.276. The number of hydrogen-bond acceptors (Lipinski definition) is 7. The van der Waals surface area contributed by atoms with Gasteiger partial charge in [0.25, 0.3) is 0 Å². The van der Waals surface area contributed by atoms with Gasteiger partial charge >= 0.3 is 5.97 Å². The van der Waals surface area contributed by atoms with Gasteiger partial charge in [-0.15, -0.1) is 0 Å². The van der Waals surface area contributed by atoms with Crippen LogP contribution in [0.25, 0.3) is 23.3 Å². The summed E-state index contributed by atoms with van der Waals surface area (Å²) in [5.74, 6) is 1.49. The lowest BCUT2D eigenvalue weighted by Crippen LogP contribution is -2.39. The Hall–Kier alpha value is -4.01. The Morgan fingerprint density at radius 3 is 2.38 bits per heavy atom. The number of aliphatic hydroxyl groups is 1. The molecule has 0 fully saturated rings. The van der Waals surface area contributed by atoms with Crippen LogP contribution < -0.4 is 24.3 Å². The first-order valence-electron chi connectivity index (χ1n) is 11.9. The van der Waals surface area contributed by atoms with E-state index in [0.717, 1.165) is 39.3 Å². The van der Waals surface area contributed by atoms with Crippen molar-refractivity contribution in [2.24, 2.45) is 0 Å². The van der Waals surface area contributed by atoms with Crippen molar-refractivity contribution >= 4 is 18.1 Å². The zero-order valence-electron chi connectivity index (χ0n) is 21.1. The van der Waals surface area contributed by atoms with E-state index >= 15 is 0 Å². The Bertz CT molecular complexity index is 1280. The molecule has 0 spiro atoms. The van der Waals surface area contributed by atoms with Crippen LogP contribution >= 0.6 is 0 Å². The molecule has 1 heterocycles. The first kappa shape index (κ1) is 26.1. The van der Waals surface area contributed by atoms with Crippen molar-refractivity contribution in [1.82, 2.24) is 5.32 Å². The van der Waals surface area contributed by atoms with E-state index in [9.17, 15) is 15.0 Å². The zero-order valence-corrected chi connectivity index (χ0v) is 21.1. The molecular weight excluding hydrogens is 474 g/mol. The third-order valence-electron chi connectivity index (χ3n) is 6.32. The lowest BCUT2D eigenvalue weighted by atomic mass is 9.95. The monoisotopic (exact) mass is 505 g/mol. The predicted octanol–water partition coefficient (Wildman–Crippen LogP) is 4.16. The molecule has 1 atom stereocenters. The van der Waals surface area contributed by atoms with E-state index in [0.29, 0.717) is 30.3 Å². The average molecular weight is 506 g/mol. The van der Waals surface area contributed by atoms with Crippen molar-refractivity contribution in [3.8, 4) is 34.1 Å². The van der Waals surface area contributed by atoms with E-state index in [4.69, 9.17) is 18.9 Å². The van der Waals surface area contributed by atoms with E-state index in [1.54, 1.807) is 14.2 Å². The molecule has 0 bridgehead atoms. The van der Waals surface area contributed by atoms with Crippen LogP contribution in [0, 0.1) is 6.92 Å². The maximum atomic E-state index is 11.2. The molecule has 1 unspecified atom stereocenters. The maximum absolute atomic E-state index is 11.2. The fourth-order valence-electron chi connectivity index (χ4n) is 4.27. The minimum Gasteiger partial charge on any atom is -0.496 e. The van der Waals surface area contributed by atoms with E-state index in [-0.39, 0.29) is 6.54 Å². The zero-order chi connectivity index (χ0) is 26.4. The molecule has 0 radical (unpaired) electrons. The third-order valence-corrected chi connectivity index (χ3v) is 6.32. The number of carboxylic acids is 1. The summed E-state index contributed by atoms with van der Waals surface area (Å²) in [6, 6.07) is 14.8. The maximum Gasteiger partial charge on any atom is 0.323 e. The van der Waals surface area contributed by atoms with Crippen molar-refractivity contribution in [2.45, 2.75) is 19.5 Å². The number of aliphatic carboxylic acids is 1. The van der Waals surface area contributed by atoms with Gasteiger partial charge in [0.2, 0.25) is 0 Å². The molecular formula is C29H31NO7. The number of rotatable bonds is 10. The van der Waals surface area contributed by atoms with Gasteiger partial charge in [0.1, 0.15) is 30.8 Å².